The van der Waals surface area contributed by atoms with Crippen LogP contribution >= 0.6 is 11.8 Å². The lowest BCUT2D eigenvalue weighted by Crippen LogP contribution is -2.37. The van der Waals surface area contributed by atoms with Crippen LogP contribution in [0.3, 0.4) is 0 Å². The van der Waals surface area contributed by atoms with Crippen molar-refractivity contribution >= 4 is 22.9 Å². The molecule has 8 heteroatoms. The number of nitrogens with zero attached hydrogens (tertiary/aromatic N) is 4. The predicted octanol–water partition coefficient (Wildman–Crippen LogP) is 2.97. The molecule has 0 amide bonds. The van der Waals surface area contributed by atoms with Gasteiger partial charge in [0.15, 0.2) is 16.3 Å². The molecule has 29 heavy (non-hydrogen) atoms. The maximum atomic E-state index is 12.9. The first kappa shape index (κ1) is 21.2. The molecule has 0 spiro atoms. The molecule has 0 atom stereocenters. The summed E-state index contributed by atoms with van der Waals surface area (Å²) < 4.78 is 9.80. The lowest BCUT2D eigenvalue weighted by atomic mass is 10.1. The van der Waals surface area contributed by atoms with E-state index < -0.39 is 0 Å². The summed E-state index contributed by atoms with van der Waals surface area (Å²) >= 11 is 1.65. The van der Waals surface area contributed by atoms with Gasteiger partial charge < -0.3 is 9.30 Å². The van der Waals surface area contributed by atoms with E-state index in [4.69, 9.17) is 4.74 Å². The van der Waals surface area contributed by atoms with E-state index in [1.54, 1.807) is 25.9 Å². The van der Waals surface area contributed by atoms with E-state index in [0.717, 1.165) is 46.1 Å². The third-order valence-electron chi connectivity index (χ3n) is 5.08. The SMILES string of the molecule is CCCCCSc1nc2c(c(=O)n(C)c(=O)n2C)n1CCc1ccc(OC)cc1. The van der Waals surface area contributed by atoms with Crippen LogP contribution in [0.5, 0.6) is 5.75 Å². The highest BCUT2D eigenvalue weighted by molar-refractivity contribution is 7.99. The standard InChI is InChI=1S/C21H28N4O3S/c1-5-6-7-14-29-20-22-18-17(19(26)24(3)21(27)23(18)2)25(20)13-12-15-8-10-16(28-4)11-9-15/h8-11H,5-7,12-14H2,1-4H3. The van der Waals surface area contributed by atoms with E-state index >= 15 is 0 Å². The Morgan fingerprint density at radius 3 is 2.45 bits per heavy atom. The van der Waals surface area contributed by atoms with Crippen LogP contribution in [-0.2, 0) is 27.1 Å². The van der Waals surface area contributed by atoms with Gasteiger partial charge in [0.05, 0.1) is 7.11 Å². The maximum absolute atomic E-state index is 12.9. The predicted molar refractivity (Wildman–Crippen MR) is 117 cm³/mol. The number of aryl methyl sites for hydroxylation is 3. The van der Waals surface area contributed by atoms with E-state index in [0.29, 0.717) is 17.7 Å². The lowest BCUT2D eigenvalue weighted by Gasteiger charge is -2.10. The number of aromatic nitrogens is 4. The van der Waals surface area contributed by atoms with E-state index in [1.165, 1.54) is 18.0 Å². The second-order valence-electron chi connectivity index (χ2n) is 7.08. The number of thioether (sulfide) groups is 1. The first-order chi connectivity index (χ1) is 14.0. The number of ether oxygens (including phenoxy) is 1. The van der Waals surface area contributed by atoms with Gasteiger partial charge in [-0.1, -0.05) is 43.7 Å². The zero-order valence-corrected chi connectivity index (χ0v) is 18.3. The molecule has 0 saturated carbocycles. The summed E-state index contributed by atoms with van der Waals surface area (Å²) in [4.78, 5) is 29.9. The van der Waals surface area contributed by atoms with Crippen molar-refractivity contribution in [3.8, 4) is 5.75 Å². The molecule has 0 radical (unpaired) electrons. The van der Waals surface area contributed by atoms with Crippen LogP contribution in [0.2, 0.25) is 0 Å². The molecular weight excluding hydrogens is 388 g/mol. The molecule has 156 valence electrons. The van der Waals surface area contributed by atoms with E-state index in [-0.39, 0.29) is 11.2 Å². The van der Waals surface area contributed by atoms with Crippen molar-refractivity contribution in [2.75, 3.05) is 12.9 Å². The number of fused-ring (bicyclic) bond motifs is 1. The van der Waals surface area contributed by atoms with Crippen LogP contribution in [0.1, 0.15) is 31.7 Å². The number of imidazole rings is 1. The molecule has 0 aliphatic rings. The van der Waals surface area contributed by atoms with Crippen molar-refractivity contribution < 1.29 is 4.74 Å². The van der Waals surface area contributed by atoms with Gasteiger partial charge in [-0.25, -0.2) is 9.78 Å². The van der Waals surface area contributed by atoms with Crippen molar-refractivity contribution in [2.24, 2.45) is 14.1 Å². The molecule has 2 aromatic heterocycles. The zero-order chi connectivity index (χ0) is 21.0. The molecule has 3 aromatic rings. The van der Waals surface area contributed by atoms with Crippen molar-refractivity contribution in [1.82, 2.24) is 18.7 Å². The summed E-state index contributed by atoms with van der Waals surface area (Å²) in [7, 11) is 4.82. The first-order valence-corrected chi connectivity index (χ1v) is 10.9. The lowest BCUT2D eigenvalue weighted by molar-refractivity contribution is 0.414. The molecule has 0 N–H and O–H groups in total. The van der Waals surface area contributed by atoms with Crippen LogP contribution in [0, 0.1) is 0 Å². The highest BCUT2D eigenvalue weighted by atomic mass is 32.2. The van der Waals surface area contributed by atoms with Crippen LogP contribution in [0.25, 0.3) is 11.2 Å². The molecule has 7 nitrogen and oxygen atoms in total. The summed E-state index contributed by atoms with van der Waals surface area (Å²) in [6, 6.07) is 7.93. The quantitative estimate of drug-likeness (QED) is 0.396. The van der Waals surface area contributed by atoms with Gasteiger partial charge in [0.25, 0.3) is 5.56 Å². The smallest absolute Gasteiger partial charge is 0.332 e. The second-order valence-corrected chi connectivity index (χ2v) is 8.14. The van der Waals surface area contributed by atoms with E-state index in [2.05, 4.69) is 11.9 Å². The van der Waals surface area contributed by atoms with Gasteiger partial charge in [-0.05, 0) is 30.5 Å². The fraction of sp³-hybridized carbons (Fsp3) is 0.476. The van der Waals surface area contributed by atoms with Crippen molar-refractivity contribution in [1.29, 1.82) is 0 Å². The van der Waals surface area contributed by atoms with Gasteiger partial charge in [0.2, 0.25) is 0 Å². The minimum absolute atomic E-state index is 0.300. The number of hydrogen-bond acceptors (Lipinski definition) is 5. The minimum atomic E-state index is -0.357. The summed E-state index contributed by atoms with van der Waals surface area (Å²) in [5.74, 6) is 1.76. The van der Waals surface area contributed by atoms with Gasteiger partial charge in [-0.2, -0.15) is 0 Å². The summed E-state index contributed by atoms with van der Waals surface area (Å²) in [6.45, 7) is 2.79. The molecule has 0 fully saturated rings. The third-order valence-corrected chi connectivity index (χ3v) is 6.14. The van der Waals surface area contributed by atoms with Crippen LogP contribution in [0.15, 0.2) is 39.0 Å². The van der Waals surface area contributed by atoms with Gasteiger partial charge in [0.1, 0.15) is 5.75 Å². The molecule has 3 rings (SSSR count). The Labute approximate surface area is 174 Å². The molecule has 0 aliphatic carbocycles. The fourth-order valence-electron chi connectivity index (χ4n) is 3.29. The highest BCUT2D eigenvalue weighted by Gasteiger charge is 2.19. The highest BCUT2D eigenvalue weighted by Crippen LogP contribution is 2.23. The maximum Gasteiger partial charge on any atom is 0.332 e. The van der Waals surface area contributed by atoms with Gasteiger partial charge in [-0.15, -0.1) is 0 Å². The Hall–Kier alpha value is -2.48. The number of methoxy groups -OCH3 is 1. The minimum Gasteiger partial charge on any atom is -0.497 e. The monoisotopic (exact) mass is 416 g/mol. The Balaban J connectivity index is 1.98. The average molecular weight is 417 g/mol. The first-order valence-electron chi connectivity index (χ1n) is 9.89. The summed E-state index contributed by atoms with van der Waals surface area (Å²) in [5, 5.41) is 0.794. The molecule has 1 aromatic carbocycles. The number of hydrogen-bond donors (Lipinski definition) is 0. The second kappa shape index (κ2) is 9.35. The Morgan fingerprint density at radius 2 is 1.79 bits per heavy atom. The van der Waals surface area contributed by atoms with Crippen molar-refractivity contribution in [2.45, 2.75) is 44.3 Å². The van der Waals surface area contributed by atoms with Crippen molar-refractivity contribution in [3.05, 3.63) is 50.7 Å². The topological polar surface area (TPSA) is 71.0 Å². The van der Waals surface area contributed by atoms with E-state index in [9.17, 15) is 9.59 Å². The van der Waals surface area contributed by atoms with Crippen LogP contribution in [-0.4, -0.2) is 31.5 Å². The number of benzene rings is 1. The normalized spacial score (nSPS) is 11.3. The molecular formula is C21H28N4O3S. The van der Waals surface area contributed by atoms with Crippen LogP contribution in [0.4, 0.5) is 0 Å². The van der Waals surface area contributed by atoms with Gasteiger partial charge in [-0.3, -0.25) is 13.9 Å². The molecule has 0 unspecified atom stereocenters. The summed E-state index contributed by atoms with van der Waals surface area (Å²) in [5.41, 5.74) is 1.43. The Morgan fingerprint density at radius 1 is 1.07 bits per heavy atom. The van der Waals surface area contributed by atoms with E-state index in [1.807, 2.05) is 28.8 Å². The summed E-state index contributed by atoms with van der Waals surface area (Å²) in [6.07, 6.45) is 4.17. The largest absolute Gasteiger partial charge is 0.497 e. The third kappa shape index (κ3) is 4.42. The number of rotatable bonds is 9. The zero-order valence-electron chi connectivity index (χ0n) is 17.5. The molecule has 0 aliphatic heterocycles. The molecule has 0 saturated heterocycles. The molecule has 2 heterocycles. The van der Waals surface area contributed by atoms with Gasteiger partial charge >= 0.3 is 5.69 Å². The number of unbranched alkanes of at least 4 members (excludes halogenated alkanes) is 2. The fourth-order valence-corrected chi connectivity index (χ4v) is 4.31. The Bertz CT molecular complexity index is 1100. The van der Waals surface area contributed by atoms with Crippen LogP contribution < -0.4 is 16.0 Å². The van der Waals surface area contributed by atoms with Crippen molar-refractivity contribution in [3.63, 3.8) is 0 Å². The average Bonchev–Trinajstić information content (AvgIpc) is 3.11. The molecule has 0 bridgehead atoms. The van der Waals surface area contributed by atoms with Gasteiger partial charge in [0, 0.05) is 26.4 Å². The Kier molecular flexibility index (Phi) is 6.84.